The summed E-state index contributed by atoms with van der Waals surface area (Å²) < 4.78 is 5.61. The van der Waals surface area contributed by atoms with E-state index in [-0.39, 0.29) is 36.6 Å². The van der Waals surface area contributed by atoms with Crippen molar-refractivity contribution in [3.63, 3.8) is 0 Å². The number of hydrogen-bond donors (Lipinski definition) is 1. The molecule has 1 N–H and O–H groups in total. The van der Waals surface area contributed by atoms with Gasteiger partial charge in [-0.15, -0.1) is 0 Å². The zero-order valence-electron chi connectivity index (χ0n) is 18.8. The van der Waals surface area contributed by atoms with Crippen LogP contribution in [0.1, 0.15) is 24.8 Å². The van der Waals surface area contributed by atoms with E-state index in [1.807, 2.05) is 61.5 Å². The molecule has 1 aliphatic rings. The number of likely N-dealkylation sites (N-methyl/N-ethyl adjacent to an activating group) is 1. The number of amides is 3. The van der Waals surface area contributed by atoms with E-state index in [4.69, 9.17) is 4.74 Å². The summed E-state index contributed by atoms with van der Waals surface area (Å²) in [5, 5.41) is 2.81. The number of piperidine rings is 1. The fourth-order valence-corrected chi connectivity index (χ4v) is 3.78. The third kappa shape index (κ3) is 6.83. The van der Waals surface area contributed by atoms with E-state index in [1.54, 1.807) is 11.9 Å². The molecule has 7 heteroatoms. The van der Waals surface area contributed by atoms with Crippen LogP contribution in [0.5, 0.6) is 5.75 Å². The average molecular weight is 438 g/mol. The van der Waals surface area contributed by atoms with Crippen molar-refractivity contribution < 1.29 is 19.1 Å². The van der Waals surface area contributed by atoms with Gasteiger partial charge in [0.2, 0.25) is 17.7 Å². The smallest absolute Gasteiger partial charge is 0.243 e. The SMILES string of the molecule is Cc1ccc(NC(=O)CN(C)C(=O)C2CCCN(C(=O)CCOc3ccccc3)C2)cc1. The quantitative estimate of drug-likeness (QED) is 0.688. The van der Waals surface area contributed by atoms with Crippen molar-refractivity contribution in [1.29, 1.82) is 0 Å². The van der Waals surface area contributed by atoms with Gasteiger partial charge < -0.3 is 19.9 Å². The van der Waals surface area contributed by atoms with Gasteiger partial charge in [0.15, 0.2) is 0 Å². The first-order valence-electron chi connectivity index (χ1n) is 11.0. The summed E-state index contributed by atoms with van der Waals surface area (Å²) in [5.74, 6) is 0.0734. The van der Waals surface area contributed by atoms with Gasteiger partial charge >= 0.3 is 0 Å². The second-order valence-corrected chi connectivity index (χ2v) is 8.20. The van der Waals surface area contributed by atoms with Crippen molar-refractivity contribution >= 4 is 23.4 Å². The topological polar surface area (TPSA) is 79.0 Å². The third-order valence-electron chi connectivity index (χ3n) is 5.54. The molecule has 3 amide bonds. The molecular weight excluding hydrogens is 406 g/mol. The molecule has 0 bridgehead atoms. The molecule has 0 spiro atoms. The van der Waals surface area contributed by atoms with Crippen LogP contribution in [0.3, 0.4) is 0 Å². The van der Waals surface area contributed by atoms with Gasteiger partial charge in [-0.3, -0.25) is 14.4 Å². The van der Waals surface area contributed by atoms with E-state index < -0.39 is 0 Å². The lowest BCUT2D eigenvalue weighted by Crippen LogP contribution is -2.47. The third-order valence-corrected chi connectivity index (χ3v) is 5.54. The molecule has 32 heavy (non-hydrogen) atoms. The van der Waals surface area contributed by atoms with Gasteiger partial charge in [0.25, 0.3) is 0 Å². The molecule has 1 aliphatic heterocycles. The lowest BCUT2D eigenvalue weighted by Gasteiger charge is -2.34. The Morgan fingerprint density at radius 1 is 1.09 bits per heavy atom. The Labute approximate surface area is 189 Å². The van der Waals surface area contributed by atoms with E-state index in [0.29, 0.717) is 31.8 Å². The highest BCUT2D eigenvalue weighted by Crippen LogP contribution is 2.20. The van der Waals surface area contributed by atoms with Crippen LogP contribution in [-0.4, -0.2) is 60.8 Å². The number of ether oxygens (including phenoxy) is 1. The second-order valence-electron chi connectivity index (χ2n) is 8.20. The molecule has 1 heterocycles. The number of carbonyl (C=O) groups is 3. The number of rotatable bonds is 8. The largest absolute Gasteiger partial charge is 0.493 e. The average Bonchev–Trinajstić information content (AvgIpc) is 2.80. The molecule has 1 unspecified atom stereocenters. The van der Waals surface area contributed by atoms with Crippen LogP contribution in [0, 0.1) is 12.8 Å². The van der Waals surface area contributed by atoms with Crippen LogP contribution in [0.25, 0.3) is 0 Å². The Kier molecular flexibility index (Phi) is 8.25. The molecule has 0 aliphatic carbocycles. The first-order chi connectivity index (χ1) is 15.4. The summed E-state index contributed by atoms with van der Waals surface area (Å²) in [7, 11) is 1.63. The fraction of sp³-hybridized carbons (Fsp3) is 0.400. The standard InChI is InChI=1S/C25H31N3O4/c1-19-10-12-21(13-11-19)26-23(29)18-27(2)25(31)20-7-6-15-28(17-20)24(30)14-16-32-22-8-4-3-5-9-22/h3-5,8-13,20H,6-7,14-18H2,1-2H3,(H,26,29). The molecule has 170 valence electrons. The van der Waals surface area contributed by atoms with Crippen molar-refractivity contribution in [2.45, 2.75) is 26.2 Å². The van der Waals surface area contributed by atoms with Gasteiger partial charge in [-0.05, 0) is 44.0 Å². The van der Waals surface area contributed by atoms with Crippen molar-refractivity contribution in [1.82, 2.24) is 9.80 Å². The molecule has 3 rings (SSSR count). The summed E-state index contributed by atoms with van der Waals surface area (Å²) in [4.78, 5) is 41.0. The van der Waals surface area contributed by atoms with Crippen LogP contribution >= 0.6 is 0 Å². The van der Waals surface area contributed by atoms with Crippen LogP contribution in [0.15, 0.2) is 54.6 Å². The zero-order chi connectivity index (χ0) is 22.9. The summed E-state index contributed by atoms with van der Waals surface area (Å²) in [6.07, 6.45) is 1.75. The molecule has 0 saturated carbocycles. The van der Waals surface area contributed by atoms with Crippen LogP contribution in [0.2, 0.25) is 0 Å². The summed E-state index contributed by atoms with van der Waals surface area (Å²) in [6, 6.07) is 16.9. The summed E-state index contributed by atoms with van der Waals surface area (Å²) >= 11 is 0. The highest BCUT2D eigenvalue weighted by atomic mass is 16.5. The number of nitrogens with zero attached hydrogens (tertiary/aromatic N) is 2. The molecule has 0 radical (unpaired) electrons. The minimum absolute atomic E-state index is 0.0156. The molecular formula is C25H31N3O4. The van der Waals surface area contributed by atoms with Gasteiger partial charge in [0, 0.05) is 25.8 Å². The number of benzene rings is 2. The van der Waals surface area contributed by atoms with E-state index in [0.717, 1.165) is 17.7 Å². The van der Waals surface area contributed by atoms with Crippen molar-refractivity contribution in [2.75, 3.05) is 38.6 Å². The lowest BCUT2D eigenvalue weighted by atomic mass is 9.96. The Morgan fingerprint density at radius 2 is 1.81 bits per heavy atom. The van der Waals surface area contributed by atoms with Crippen molar-refractivity contribution in [2.24, 2.45) is 5.92 Å². The van der Waals surface area contributed by atoms with Crippen molar-refractivity contribution in [3.8, 4) is 5.75 Å². The van der Waals surface area contributed by atoms with Crippen LogP contribution < -0.4 is 10.1 Å². The Morgan fingerprint density at radius 3 is 2.53 bits per heavy atom. The maximum absolute atomic E-state index is 12.9. The van der Waals surface area contributed by atoms with Gasteiger partial charge in [0.05, 0.1) is 25.5 Å². The van der Waals surface area contributed by atoms with Gasteiger partial charge in [-0.2, -0.15) is 0 Å². The number of nitrogens with one attached hydrogen (secondary N) is 1. The van der Waals surface area contributed by atoms with Crippen LogP contribution in [0.4, 0.5) is 5.69 Å². The monoisotopic (exact) mass is 437 g/mol. The predicted octanol–water partition coefficient (Wildman–Crippen LogP) is 3.10. The van der Waals surface area contributed by atoms with Gasteiger partial charge in [0.1, 0.15) is 5.75 Å². The highest BCUT2D eigenvalue weighted by Gasteiger charge is 2.30. The first-order valence-corrected chi connectivity index (χ1v) is 11.0. The minimum atomic E-state index is -0.292. The van der Waals surface area contributed by atoms with Crippen molar-refractivity contribution in [3.05, 3.63) is 60.2 Å². The number of aryl methyl sites for hydroxylation is 1. The lowest BCUT2D eigenvalue weighted by molar-refractivity contribution is -0.141. The molecule has 0 aromatic heterocycles. The normalized spacial score (nSPS) is 15.7. The number of hydrogen-bond acceptors (Lipinski definition) is 4. The molecule has 1 saturated heterocycles. The second kappa shape index (κ2) is 11.3. The highest BCUT2D eigenvalue weighted by molar-refractivity contribution is 5.94. The first kappa shape index (κ1) is 23.3. The number of carbonyl (C=O) groups excluding carboxylic acids is 3. The summed E-state index contributed by atoms with van der Waals surface area (Å²) in [6.45, 7) is 3.28. The molecule has 1 atom stereocenters. The summed E-state index contributed by atoms with van der Waals surface area (Å²) in [5.41, 5.74) is 1.81. The Bertz CT molecular complexity index is 915. The Hall–Kier alpha value is -3.35. The fourth-order valence-electron chi connectivity index (χ4n) is 3.78. The molecule has 1 fully saturated rings. The maximum Gasteiger partial charge on any atom is 0.243 e. The molecule has 2 aromatic rings. The number of para-hydroxylation sites is 1. The minimum Gasteiger partial charge on any atom is -0.493 e. The van der Waals surface area contributed by atoms with Crippen LogP contribution in [-0.2, 0) is 14.4 Å². The number of likely N-dealkylation sites (tertiary alicyclic amines) is 1. The Balaban J connectivity index is 1.44. The van der Waals surface area contributed by atoms with Gasteiger partial charge in [-0.1, -0.05) is 35.9 Å². The zero-order valence-corrected chi connectivity index (χ0v) is 18.8. The molecule has 7 nitrogen and oxygen atoms in total. The maximum atomic E-state index is 12.9. The number of anilines is 1. The van der Waals surface area contributed by atoms with E-state index in [1.165, 1.54) is 4.90 Å². The van der Waals surface area contributed by atoms with Gasteiger partial charge in [-0.25, -0.2) is 0 Å². The van der Waals surface area contributed by atoms with E-state index in [9.17, 15) is 14.4 Å². The molecule has 2 aromatic carbocycles. The van der Waals surface area contributed by atoms with E-state index >= 15 is 0 Å². The predicted molar refractivity (Wildman–Crippen MR) is 123 cm³/mol. The van der Waals surface area contributed by atoms with E-state index in [2.05, 4.69) is 5.32 Å².